The van der Waals surface area contributed by atoms with Gasteiger partial charge in [-0.05, 0) is 37.9 Å². The number of nitrogens with one attached hydrogen (secondary N) is 2. The molecule has 112 valence electrons. The van der Waals surface area contributed by atoms with Gasteiger partial charge in [0, 0.05) is 12.2 Å². The molecule has 0 aromatic rings. The van der Waals surface area contributed by atoms with Crippen molar-refractivity contribution in [3.8, 4) is 0 Å². The first kappa shape index (κ1) is 15.2. The molecule has 2 N–H and O–H groups in total. The number of carbonyl (C=O) groups excluding carboxylic acids is 3. The van der Waals surface area contributed by atoms with Crippen molar-refractivity contribution < 1.29 is 14.4 Å². The maximum Gasteiger partial charge on any atom is 0.344 e. The molecule has 1 saturated heterocycles. The molecule has 7 heteroatoms. The largest absolute Gasteiger partial charge is 0.344 e. The third-order valence-electron chi connectivity index (χ3n) is 4.06. The molecule has 0 unspecified atom stereocenters. The molecule has 0 aromatic carbocycles. The van der Waals surface area contributed by atoms with Crippen molar-refractivity contribution in [2.24, 2.45) is 5.92 Å². The third kappa shape index (κ3) is 2.92. The fourth-order valence-corrected chi connectivity index (χ4v) is 3.08. The Balaban J connectivity index is 2.00. The standard InChI is InChI=1S/C13H21N3O3S/c1-9-3-6-13(7-4-9)11(18)16(12(19)14-13)15-10(17)5-8-20-2/h9H,3-8H2,1-2H3,(H,14,19)(H,15,17). The summed E-state index contributed by atoms with van der Waals surface area (Å²) in [4.78, 5) is 36.0. The molecule has 2 rings (SSSR count). The fraction of sp³-hybridized carbons (Fsp3) is 0.769. The number of imide groups is 1. The van der Waals surface area contributed by atoms with Crippen LogP contribution in [0.25, 0.3) is 0 Å². The molecule has 0 atom stereocenters. The second kappa shape index (κ2) is 6.03. The van der Waals surface area contributed by atoms with Gasteiger partial charge >= 0.3 is 6.03 Å². The van der Waals surface area contributed by atoms with Crippen molar-refractivity contribution in [3.63, 3.8) is 0 Å². The minimum atomic E-state index is -0.795. The number of nitrogens with zero attached hydrogens (tertiary/aromatic N) is 1. The van der Waals surface area contributed by atoms with Gasteiger partial charge in [-0.25, -0.2) is 4.79 Å². The van der Waals surface area contributed by atoms with E-state index in [2.05, 4.69) is 17.7 Å². The van der Waals surface area contributed by atoms with Gasteiger partial charge in [-0.1, -0.05) is 6.92 Å². The van der Waals surface area contributed by atoms with Crippen molar-refractivity contribution in [1.29, 1.82) is 0 Å². The zero-order valence-electron chi connectivity index (χ0n) is 11.9. The number of urea groups is 1. The van der Waals surface area contributed by atoms with Gasteiger partial charge in [-0.3, -0.25) is 15.0 Å². The summed E-state index contributed by atoms with van der Waals surface area (Å²) in [5, 5.41) is 3.63. The molecule has 1 aliphatic heterocycles. The molecule has 1 saturated carbocycles. The number of thioether (sulfide) groups is 1. The van der Waals surface area contributed by atoms with Gasteiger partial charge in [0.1, 0.15) is 5.54 Å². The Bertz CT molecular complexity index is 419. The lowest BCUT2D eigenvalue weighted by Crippen LogP contribution is -2.51. The minimum Gasteiger partial charge on any atom is -0.322 e. The van der Waals surface area contributed by atoms with Crippen LogP contribution in [0.1, 0.15) is 39.0 Å². The summed E-state index contributed by atoms with van der Waals surface area (Å²) in [5.41, 5.74) is 1.62. The summed E-state index contributed by atoms with van der Waals surface area (Å²) >= 11 is 1.55. The summed E-state index contributed by atoms with van der Waals surface area (Å²) in [6.07, 6.45) is 5.33. The van der Waals surface area contributed by atoms with E-state index in [0.29, 0.717) is 30.9 Å². The van der Waals surface area contributed by atoms with Gasteiger partial charge in [0.25, 0.3) is 5.91 Å². The second-order valence-electron chi connectivity index (χ2n) is 5.61. The Labute approximate surface area is 123 Å². The number of hydrogen-bond acceptors (Lipinski definition) is 4. The molecule has 2 aliphatic rings. The molecular weight excluding hydrogens is 278 g/mol. The molecule has 1 heterocycles. The van der Waals surface area contributed by atoms with E-state index in [0.717, 1.165) is 17.9 Å². The molecule has 0 radical (unpaired) electrons. The van der Waals surface area contributed by atoms with Crippen LogP contribution in [0, 0.1) is 5.92 Å². The first-order valence-corrected chi connectivity index (χ1v) is 8.33. The maximum absolute atomic E-state index is 12.4. The smallest absolute Gasteiger partial charge is 0.322 e. The van der Waals surface area contributed by atoms with E-state index in [9.17, 15) is 14.4 Å². The van der Waals surface area contributed by atoms with Gasteiger partial charge in [0.15, 0.2) is 0 Å². The van der Waals surface area contributed by atoms with Crippen molar-refractivity contribution in [2.75, 3.05) is 12.0 Å². The highest BCUT2D eigenvalue weighted by Gasteiger charge is 2.52. The van der Waals surface area contributed by atoms with E-state index in [1.54, 1.807) is 11.8 Å². The normalized spacial score (nSPS) is 29.7. The van der Waals surface area contributed by atoms with Crippen molar-refractivity contribution in [3.05, 3.63) is 0 Å². The van der Waals surface area contributed by atoms with Gasteiger partial charge in [0.05, 0.1) is 0 Å². The zero-order chi connectivity index (χ0) is 14.8. The van der Waals surface area contributed by atoms with Crippen molar-refractivity contribution in [1.82, 2.24) is 15.8 Å². The molecule has 4 amide bonds. The summed E-state index contributed by atoms with van der Waals surface area (Å²) < 4.78 is 0. The summed E-state index contributed by atoms with van der Waals surface area (Å²) in [5.74, 6) is 0.629. The molecule has 1 spiro atoms. The van der Waals surface area contributed by atoms with E-state index in [4.69, 9.17) is 0 Å². The predicted molar refractivity (Wildman–Crippen MR) is 76.9 cm³/mol. The lowest BCUT2D eigenvalue weighted by molar-refractivity contribution is -0.140. The zero-order valence-corrected chi connectivity index (χ0v) is 12.7. The average Bonchev–Trinajstić information content (AvgIpc) is 2.65. The minimum absolute atomic E-state index is 0.294. The van der Waals surface area contributed by atoms with E-state index >= 15 is 0 Å². The van der Waals surface area contributed by atoms with Gasteiger partial charge in [-0.15, -0.1) is 0 Å². The van der Waals surface area contributed by atoms with Crippen molar-refractivity contribution in [2.45, 2.75) is 44.6 Å². The average molecular weight is 299 g/mol. The van der Waals surface area contributed by atoms with Gasteiger partial charge in [0.2, 0.25) is 5.91 Å². The molecule has 1 aliphatic carbocycles. The van der Waals surface area contributed by atoms with Gasteiger partial charge in [-0.2, -0.15) is 16.8 Å². The monoisotopic (exact) mass is 299 g/mol. The van der Waals surface area contributed by atoms with E-state index in [1.165, 1.54) is 0 Å². The van der Waals surface area contributed by atoms with Crippen LogP contribution in [0.3, 0.4) is 0 Å². The molecule has 6 nitrogen and oxygen atoms in total. The number of hydrazine groups is 1. The third-order valence-corrected chi connectivity index (χ3v) is 4.67. The van der Waals surface area contributed by atoms with Crippen LogP contribution in [0.5, 0.6) is 0 Å². The SMILES string of the molecule is CSCCC(=O)NN1C(=O)NC2(CCC(C)CC2)C1=O. The highest BCUT2D eigenvalue weighted by atomic mass is 32.2. The second-order valence-corrected chi connectivity index (χ2v) is 6.60. The first-order valence-electron chi connectivity index (χ1n) is 6.93. The Morgan fingerprint density at radius 3 is 2.70 bits per heavy atom. The Morgan fingerprint density at radius 2 is 2.10 bits per heavy atom. The maximum atomic E-state index is 12.4. The van der Waals surface area contributed by atoms with Gasteiger partial charge < -0.3 is 5.32 Å². The first-order chi connectivity index (χ1) is 9.48. The van der Waals surface area contributed by atoms with Crippen LogP contribution >= 0.6 is 11.8 Å². The molecule has 2 fully saturated rings. The van der Waals surface area contributed by atoms with E-state index < -0.39 is 11.6 Å². The predicted octanol–water partition coefficient (Wildman–Crippen LogP) is 1.27. The number of rotatable bonds is 4. The summed E-state index contributed by atoms with van der Waals surface area (Å²) in [6.45, 7) is 2.15. The van der Waals surface area contributed by atoms with Crippen molar-refractivity contribution >= 4 is 29.6 Å². The molecule has 0 aromatic heterocycles. The highest BCUT2D eigenvalue weighted by Crippen LogP contribution is 2.35. The lowest BCUT2D eigenvalue weighted by atomic mass is 9.77. The van der Waals surface area contributed by atoms with Crippen LogP contribution in [-0.4, -0.2) is 40.4 Å². The number of carbonyl (C=O) groups is 3. The van der Waals surface area contributed by atoms with Crippen LogP contribution in [0.2, 0.25) is 0 Å². The van der Waals surface area contributed by atoms with E-state index in [-0.39, 0.29) is 11.8 Å². The number of hydrogen-bond donors (Lipinski definition) is 2. The molecule has 20 heavy (non-hydrogen) atoms. The quantitative estimate of drug-likeness (QED) is 0.766. The Hall–Kier alpha value is -1.24. The number of amides is 4. The van der Waals surface area contributed by atoms with Crippen LogP contribution < -0.4 is 10.7 Å². The Kier molecular flexibility index (Phi) is 4.57. The van der Waals surface area contributed by atoms with Crippen LogP contribution in [-0.2, 0) is 9.59 Å². The molecule has 0 bridgehead atoms. The summed E-state index contributed by atoms with van der Waals surface area (Å²) in [7, 11) is 0. The Morgan fingerprint density at radius 1 is 1.45 bits per heavy atom. The molecular formula is C13H21N3O3S. The van der Waals surface area contributed by atoms with E-state index in [1.807, 2.05) is 6.26 Å². The van der Waals surface area contributed by atoms with Crippen LogP contribution in [0.15, 0.2) is 0 Å². The fourth-order valence-electron chi connectivity index (χ4n) is 2.69. The lowest BCUT2D eigenvalue weighted by Gasteiger charge is -2.33. The van der Waals surface area contributed by atoms with Crippen LogP contribution in [0.4, 0.5) is 4.79 Å². The summed E-state index contributed by atoms with van der Waals surface area (Å²) in [6, 6.07) is -0.512. The highest BCUT2D eigenvalue weighted by molar-refractivity contribution is 7.98. The topological polar surface area (TPSA) is 78.5 Å².